The second-order valence-corrected chi connectivity index (χ2v) is 4.13. The zero-order chi connectivity index (χ0) is 15.9. The maximum atomic E-state index is 11.7. The summed E-state index contributed by atoms with van der Waals surface area (Å²) in [6, 6.07) is 7.58. The molecule has 1 aromatic heterocycles. The summed E-state index contributed by atoms with van der Waals surface area (Å²) in [5.41, 5.74) is 2.96. The molecule has 0 saturated carbocycles. The van der Waals surface area contributed by atoms with Crippen molar-refractivity contribution >= 4 is 17.8 Å². The van der Waals surface area contributed by atoms with Crippen molar-refractivity contribution in [2.24, 2.45) is 5.10 Å². The summed E-state index contributed by atoms with van der Waals surface area (Å²) in [7, 11) is 1.35. The van der Waals surface area contributed by atoms with Crippen LogP contribution in [0.2, 0.25) is 0 Å². The monoisotopic (exact) mass is 300 g/mol. The Kier molecular flexibility index (Phi) is 4.76. The average molecular weight is 300 g/mol. The number of nitrogens with zero attached hydrogens (tertiary/aromatic N) is 3. The molecule has 0 saturated heterocycles. The van der Waals surface area contributed by atoms with Crippen LogP contribution in [0, 0.1) is 10.1 Å². The minimum Gasteiger partial charge on any atom is -0.490 e. The van der Waals surface area contributed by atoms with Crippen LogP contribution in [0.5, 0.6) is 5.75 Å². The molecule has 1 aromatic carbocycles. The molecule has 0 unspecified atom stereocenters. The lowest BCUT2D eigenvalue weighted by molar-refractivity contribution is -0.385. The average Bonchev–Trinajstić information content (AvgIpc) is 2.55. The predicted octanol–water partition coefficient (Wildman–Crippen LogP) is 1.76. The smallest absolute Gasteiger partial charge is 0.311 e. The Morgan fingerprint density at radius 2 is 2.27 bits per heavy atom. The number of hydrazone groups is 1. The third-order valence-corrected chi connectivity index (χ3v) is 2.70. The van der Waals surface area contributed by atoms with E-state index in [-0.39, 0.29) is 11.4 Å². The van der Waals surface area contributed by atoms with Crippen LogP contribution in [-0.2, 0) is 0 Å². The molecule has 0 aliphatic carbocycles. The number of aromatic nitrogens is 1. The number of carbonyl (C=O) groups excluding carboxylic acids is 1. The first kappa shape index (κ1) is 15.1. The third-order valence-electron chi connectivity index (χ3n) is 2.70. The lowest BCUT2D eigenvalue weighted by Gasteiger charge is -2.02. The third kappa shape index (κ3) is 3.63. The van der Waals surface area contributed by atoms with Crippen molar-refractivity contribution in [1.82, 2.24) is 10.4 Å². The zero-order valence-corrected chi connectivity index (χ0v) is 11.6. The van der Waals surface area contributed by atoms with Gasteiger partial charge in [0.15, 0.2) is 5.75 Å². The fraction of sp³-hybridized carbons (Fsp3) is 0.0714. The molecule has 8 heteroatoms. The number of nitro benzene ring substituents is 1. The van der Waals surface area contributed by atoms with Crippen LogP contribution in [0.25, 0.3) is 0 Å². The highest BCUT2D eigenvalue weighted by atomic mass is 16.6. The van der Waals surface area contributed by atoms with Crippen molar-refractivity contribution in [2.45, 2.75) is 0 Å². The maximum absolute atomic E-state index is 11.7. The molecular formula is C14H12N4O4. The maximum Gasteiger partial charge on any atom is 0.311 e. The lowest BCUT2D eigenvalue weighted by Crippen LogP contribution is -2.17. The van der Waals surface area contributed by atoms with Crippen molar-refractivity contribution < 1.29 is 14.5 Å². The number of pyridine rings is 1. The Morgan fingerprint density at radius 1 is 1.45 bits per heavy atom. The molecular weight excluding hydrogens is 288 g/mol. The molecule has 0 aliphatic heterocycles. The van der Waals surface area contributed by atoms with Crippen LogP contribution in [0.1, 0.15) is 15.9 Å². The first-order valence-electron chi connectivity index (χ1n) is 6.17. The van der Waals surface area contributed by atoms with Crippen LogP contribution in [0.4, 0.5) is 5.69 Å². The van der Waals surface area contributed by atoms with Crippen LogP contribution in [-0.4, -0.2) is 29.1 Å². The number of benzene rings is 1. The molecule has 22 heavy (non-hydrogen) atoms. The molecule has 0 fully saturated rings. The summed E-state index contributed by atoms with van der Waals surface area (Å²) < 4.78 is 4.90. The van der Waals surface area contributed by atoms with E-state index in [2.05, 4.69) is 15.5 Å². The molecule has 8 nitrogen and oxygen atoms in total. The molecule has 112 valence electrons. The highest BCUT2D eigenvalue weighted by Gasteiger charge is 2.14. The minimum atomic E-state index is -0.551. The van der Waals surface area contributed by atoms with Gasteiger partial charge in [0, 0.05) is 24.0 Å². The quantitative estimate of drug-likeness (QED) is 0.514. The van der Waals surface area contributed by atoms with E-state index in [0.29, 0.717) is 11.1 Å². The summed E-state index contributed by atoms with van der Waals surface area (Å²) in [5, 5.41) is 14.7. The van der Waals surface area contributed by atoms with E-state index in [1.807, 2.05) is 0 Å². The fourth-order valence-electron chi connectivity index (χ4n) is 1.66. The van der Waals surface area contributed by atoms with E-state index in [4.69, 9.17) is 4.74 Å². The predicted molar refractivity (Wildman–Crippen MR) is 78.9 cm³/mol. The Bertz CT molecular complexity index is 716. The van der Waals surface area contributed by atoms with Gasteiger partial charge in [-0.1, -0.05) is 0 Å². The van der Waals surface area contributed by atoms with Crippen LogP contribution >= 0.6 is 0 Å². The zero-order valence-electron chi connectivity index (χ0n) is 11.6. The van der Waals surface area contributed by atoms with E-state index < -0.39 is 10.8 Å². The number of hydrogen-bond acceptors (Lipinski definition) is 6. The van der Waals surface area contributed by atoms with Crippen molar-refractivity contribution in [2.75, 3.05) is 7.11 Å². The Labute approximate surface area is 125 Å². The Morgan fingerprint density at radius 3 is 2.91 bits per heavy atom. The van der Waals surface area contributed by atoms with Gasteiger partial charge in [0.2, 0.25) is 0 Å². The van der Waals surface area contributed by atoms with Gasteiger partial charge in [-0.3, -0.25) is 19.9 Å². The highest BCUT2D eigenvalue weighted by Crippen LogP contribution is 2.26. The van der Waals surface area contributed by atoms with E-state index >= 15 is 0 Å². The standard InChI is InChI=1S/C14H12N4O4/c1-22-13-5-4-10(7-12(13)18(20)21)8-16-17-14(19)11-3-2-6-15-9-11/h2-9H,1H3,(H,17,19). The highest BCUT2D eigenvalue weighted by molar-refractivity contribution is 5.94. The van der Waals surface area contributed by atoms with Crippen molar-refractivity contribution in [3.8, 4) is 5.75 Å². The molecule has 1 N–H and O–H groups in total. The number of hydrogen-bond donors (Lipinski definition) is 1. The van der Waals surface area contributed by atoms with E-state index in [9.17, 15) is 14.9 Å². The molecule has 0 atom stereocenters. The molecule has 1 amide bonds. The molecule has 0 spiro atoms. The van der Waals surface area contributed by atoms with E-state index in [0.717, 1.165) is 0 Å². The van der Waals surface area contributed by atoms with Crippen LogP contribution < -0.4 is 10.2 Å². The molecule has 2 rings (SSSR count). The normalized spacial score (nSPS) is 10.4. The second-order valence-electron chi connectivity index (χ2n) is 4.13. The summed E-state index contributed by atoms with van der Waals surface area (Å²) in [4.78, 5) is 25.9. The first-order valence-corrected chi connectivity index (χ1v) is 6.17. The largest absolute Gasteiger partial charge is 0.490 e. The molecule has 2 aromatic rings. The van der Waals surface area contributed by atoms with Gasteiger partial charge in [0.25, 0.3) is 5.91 Å². The van der Waals surface area contributed by atoms with Crippen molar-refractivity contribution in [1.29, 1.82) is 0 Å². The van der Waals surface area contributed by atoms with Crippen LogP contribution in [0.15, 0.2) is 47.8 Å². The molecule has 0 aliphatic rings. The van der Waals surface area contributed by atoms with E-state index in [1.54, 1.807) is 24.4 Å². The van der Waals surface area contributed by atoms with Gasteiger partial charge in [0.05, 0.1) is 23.8 Å². The first-order chi connectivity index (χ1) is 10.6. The van der Waals surface area contributed by atoms with Gasteiger partial charge in [0.1, 0.15) is 0 Å². The number of nitrogens with one attached hydrogen (secondary N) is 1. The summed E-state index contributed by atoms with van der Waals surface area (Å²) in [5.74, 6) is -0.270. The number of rotatable bonds is 5. The number of methoxy groups -OCH3 is 1. The van der Waals surface area contributed by atoms with Crippen LogP contribution in [0.3, 0.4) is 0 Å². The summed E-state index contributed by atoms with van der Waals surface area (Å²) >= 11 is 0. The van der Waals surface area contributed by atoms with Gasteiger partial charge < -0.3 is 4.74 Å². The Hall–Kier alpha value is -3.29. The van der Waals surface area contributed by atoms with Gasteiger partial charge >= 0.3 is 5.69 Å². The number of amides is 1. The summed E-state index contributed by atoms with van der Waals surface area (Å²) in [6.45, 7) is 0. The van der Waals surface area contributed by atoms with E-state index in [1.165, 1.54) is 31.7 Å². The lowest BCUT2D eigenvalue weighted by atomic mass is 10.2. The topological polar surface area (TPSA) is 107 Å². The molecule has 1 heterocycles. The fourth-order valence-corrected chi connectivity index (χ4v) is 1.66. The second kappa shape index (κ2) is 6.93. The molecule has 0 radical (unpaired) electrons. The van der Waals surface area contributed by atoms with Gasteiger partial charge in [-0.05, 0) is 24.3 Å². The SMILES string of the molecule is COc1ccc(C=NNC(=O)c2cccnc2)cc1[N+](=O)[O-]. The van der Waals surface area contributed by atoms with Gasteiger partial charge in [-0.2, -0.15) is 5.10 Å². The van der Waals surface area contributed by atoms with Gasteiger partial charge in [-0.15, -0.1) is 0 Å². The van der Waals surface area contributed by atoms with Crippen molar-refractivity contribution in [3.63, 3.8) is 0 Å². The number of ether oxygens (including phenoxy) is 1. The number of nitro groups is 1. The van der Waals surface area contributed by atoms with Crippen molar-refractivity contribution in [3.05, 3.63) is 64.0 Å². The minimum absolute atomic E-state index is 0.154. The van der Waals surface area contributed by atoms with Gasteiger partial charge in [-0.25, -0.2) is 5.43 Å². The summed E-state index contributed by atoms with van der Waals surface area (Å²) in [6.07, 6.45) is 4.26. The Balaban J connectivity index is 2.09. The molecule has 0 bridgehead atoms. The number of carbonyl (C=O) groups is 1.